The van der Waals surface area contributed by atoms with Crippen LogP contribution in [0, 0.1) is 0 Å². The Kier molecular flexibility index (Phi) is 6.07. The Morgan fingerprint density at radius 1 is 1.47 bits per heavy atom. The second-order valence-electron chi connectivity index (χ2n) is 6.13. The molecular weight excluding hydrogens is 242 g/mol. The van der Waals surface area contributed by atoms with Gasteiger partial charge in [0.2, 0.25) is 0 Å². The lowest BCUT2D eigenvalue weighted by Crippen LogP contribution is -2.50. The third kappa shape index (κ3) is 5.78. The molecule has 0 aromatic carbocycles. The van der Waals surface area contributed by atoms with Crippen molar-refractivity contribution in [3.05, 3.63) is 0 Å². The van der Waals surface area contributed by atoms with E-state index in [2.05, 4.69) is 17.1 Å². The Hall–Kier alpha value is -0.810. The van der Waals surface area contributed by atoms with Crippen LogP contribution in [0.15, 0.2) is 0 Å². The maximum Gasteiger partial charge on any atom is 0.317 e. The highest BCUT2D eigenvalue weighted by atomic mass is 16.3. The van der Waals surface area contributed by atoms with Crippen LogP contribution in [0.4, 0.5) is 4.79 Å². The quantitative estimate of drug-likeness (QED) is 0.792. The van der Waals surface area contributed by atoms with Gasteiger partial charge in [-0.1, -0.05) is 13.3 Å². The minimum atomic E-state index is -0.855. The summed E-state index contributed by atoms with van der Waals surface area (Å²) in [7, 11) is 1.71. The molecule has 1 unspecified atom stereocenters. The molecule has 2 N–H and O–H groups in total. The number of carbonyl (C=O) groups is 1. The van der Waals surface area contributed by atoms with Crippen LogP contribution in [0.3, 0.4) is 0 Å². The second-order valence-corrected chi connectivity index (χ2v) is 6.13. The number of amides is 2. The van der Waals surface area contributed by atoms with Gasteiger partial charge in [-0.15, -0.1) is 0 Å². The maximum atomic E-state index is 11.9. The summed E-state index contributed by atoms with van der Waals surface area (Å²) in [5.74, 6) is 0. The molecule has 19 heavy (non-hydrogen) atoms. The number of rotatable bonds is 5. The molecule has 1 heterocycles. The van der Waals surface area contributed by atoms with Gasteiger partial charge in [-0.25, -0.2) is 4.79 Å². The molecule has 0 spiro atoms. The van der Waals surface area contributed by atoms with E-state index in [9.17, 15) is 9.90 Å². The Morgan fingerprint density at radius 2 is 2.16 bits per heavy atom. The molecule has 0 bridgehead atoms. The molecule has 0 saturated carbocycles. The predicted octanol–water partition coefficient (Wildman–Crippen LogP) is 1.27. The van der Waals surface area contributed by atoms with Gasteiger partial charge in [0.1, 0.15) is 0 Å². The number of likely N-dealkylation sites (tertiary alicyclic amines) is 1. The van der Waals surface area contributed by atoms with Gasteiger partial charge in [-0.2, -0.15) is 0 Å². The zero-order valence-corrected chi connectivity index (χ0v) is 12.8. The molecule has 1 rings (SSSR count). The van der Waals surface area contributed by atoms with E-state index < -0.39 is 5.60 Å². The van der Waals surface area contributed by atoms with Crippen LogP contribution in [-0.4, -0.2) is 65.8 Å². The minimum absolute atomic E-state index is 0.108. The Morgan fingerprint density at radius 3 is 2.74 bits per heavy atom. The molecule has 0 aliphatic carbocycles. The van der Waals surface area contributed by atoms with E-state index in [0.717, 1.165) is 19.5 Å². The highest BCUT2D eigenvalue weighted by molar-refractivity contribution is 5.73. The molecule has 5 nitrogen and oxygen atoms in total. The first kappa shape index (κ1) is 16.2. The van der Waals surface area contributed by atoms with E-state index in [1.165, 1.54) is 12.8 Å². The van der Waals surface area contributed by atoms with Crippen LogP contribution in [0.2, 0.25) is 0 Å². The number of piperidine rings is 1. The first-order valence-electron chi connectivity index (χ1n) is 7.29. The van der Waals surface area contributed by atoms with Crippen LogP contribution in [0.25, 0.3) is 0 Å². The molecule has 0 aromatic rings. The number of carbonyl (C=O) groups excluding carboxylic acids is 1. The average Bonchev–Trinajstić information content (AvgIpc) is 2.34. The first-order chi connectivity index (χ1) is 8.83. The van der Waals surface area contributed by atoms with Crippen LogP contribution in [0.1, 0.15) is 40.0 Å². The number of hydrogen-bond acceptors (Lipinski definition) is 3. The first-order valence-corrected chi connectivity index (χ1v) is 7.29. The predicted molar refractivity (Wildman–Crippen MR) is 77.2 cm³/mol. The van der Waals surface area contributed by atoms with E-state index in [4.69, 9.17) is 0 Å². The van der Waals surface area contributed by atoms with Crippen molar-refractivity contribution >= 4 is 6.03 Å². The smallest absolute Gasteiger partial charge is 0.317 e. The molecule has 1 saturated heterocycles. The fourth-order valence-electron chi connectivity index (χ4n) is 2.70. The Labute approximate surface area is 117 Å². The van der Waals surface area contributed by atoms with E-state index in [-0.39, 0.29) is 6.03 Å². The van der Waals surface area contributed by atoms with Gasteiger partial charge < -0.3 is 15.3 Å². The Bertz CT molecular complexity index is 289. The third-order valence-corrected chi connectivity index (χ3v) is 3.61. The summed E-state index contributed by atoms with van der Waals surface area (Å²) in [6, 6.07) is 0.349. The highest BCUT2D eigenvalue weighted by Crippen LogP contribution is 2.15. The van der Waals surface area contributed by atoms with Crippen molar-refractivity contribution in [3.8, 4) is 0 Å². The molecule has 5 heteroatoms. The number of aliphatic hydroxyl groups is 1. The zero-order chi connectivity index (χ0) is 14.5. The van der Waals surface area contributed by atoms with E-state index in [1.54, 1.807) is 25.8 Å². The van der Waals surface area contributed by atoms with Crippen molar-refractivity contribution in [1.29, 1.82) is 0 Å². The summed E-state index contributed by atoms with van der Waals surface area (Å²) in [5, 5.41) is 12.7. The van der Waals surface area contributed by atoms with Crippen LogP contribution in [0.5, 0.6) is 0 Å². The standard InChI is InChI=1S/C14H29N3O2/c1-5-17-9-7-6-8-12(17)10-15-13(18)16(4)11-14(2,3)19/h12,19H,5-11H2,1-4H3,(H,15,18). The van der Waals surface area contributed by atoms with Crippen molar-refractivity contribution < 1.29 is 9.90 Å². The van der Waals surface area contributed by atoms with E-state index in [0.29, 0.717) is 19.1 Å². The van der Waals surface area contributed by atoms with Crippen molar-refractivity contribution in [3.63, 3.8) is 0 Å². The van der Waals surface area contributed by atoms with Crippen molar-refractivity contribution in [2.45, 2.75) is 51.7 Å². The molecule has 112 valence electrons. The summed E-state index contributed by atoms with van der Waals surface area (Å²) in [6.45, 7) is 8.79. The normalized spacial score (nSPS) is 21.2. The maximum absolute atomic E-state index is 11.9. The van der Waals surface area contributed by atoms with Gasteiger partial charge in [-0.3, -0.25) is 4.90 Å². The largest absolute Gasteiger partial charge is 0.389 e. The lowest BCUT2D eigenvalue weighted by molar-refractivity contribution is 0.0526. The fourth-order valence-corrected chi connectivity index (χ4v) is 2.70. The number of hydrogen-bond donors (Lipinski definition) is 2. The van der Waals surface area contributed by atoms with Crippen molar-refractivity contribution in [2.75, 3.05) is 33.2 Å². The average molecular weight is 271 g/mol. The number of nitrogens with one attached hydrogen (secondary N) is 1. The molecule has 1 atom stereocenters. The molecule has 0 radical (unpaired) electrons. The Balaban J connectivity index is 2.36. The second kappa shape index (κ2) is 7.10. The lowest BCUT2D eigenvalue weighted by Gasteiger charge is -2.35. The monoisotopic (exact) mass is 271 g/mol. The zero-order valence-electron chi connectivity index (χ0n) is 12.8. The highest BCUT2D eigenvalue weighted by Gasteiger charge is 2.23. The van der Waals surface area contributed by atoms with Crippen molar-refractivity contribution in [2.24, 2.45) is 0 Å². The molecular formula is C14H29N3O2. The van der Waals surface area contributed by atoms with E-state index >= 15 is 0 Å². The van der Waals surface area contributed by atoms with Gasteiger partial charge in [0.15, 0.2) is 0 Å². The molecule has 1 aliphatic rings. The van der Waals surface area contributed by atoms with Gasteiger partial charge in [0.25, 0.3) is 0 Å². The summed E-state index contributed by atoms with van der Waals surface area (Å²) in [4.78, 5) is 15.9. The van der Waals surface area contributed by atoms with E-state index in [1.807, 2.05) is 0 Å². The summed E-state index contributed by atoms with van der Waals surface area (Å²) in [5.41, 5.74) is -0.855. The third-order valence-electron chi connectivity index (χ3n) is 3.61. The molecule has 2 amide bonds. The summed E-state index contributed by atoms with van der Waals surface area (Å²) < 4.78 is 0. The van der Waals surface area contributed by atoms with Crippen LogP contribution in [-0.2, 0) is 0 Å². The number of likely N-dealkylation sites (N-methyl/N-ethyl adjacent to an activating group) is 2. The van der Waals surface area contributed by atoms with Crippen LogP contribution < -0.4 is 5.32 Å². The van der Waals surface area contributed by atoms with Gasteiger partial charge in [-0.05, 0) is 39.8 Å². The molecule has 0 aromatic heterocycles. The summed E-state index contributed by atoms with van der Waals surface area (Å²) >= 11 is 0. The van der Waals surface area contributed by atoms with Gasteiger partial charge >= 0.3 is 6.03 Å². The lowest BCUT2D eigenvalue weighted by atomic mass is 10.0. The fraction of sp³-hybridized carbons (Fsp3) is 0.929. The molecule has 1 aliphatic heterocycles. The number of urea groups is 1. The summed E-state index contributed by atoms with van der Waals surface area (Å²) in [6.07, 6.45) is 3.66. The van der Waals surface area contributed by atoms with Gasteiger partial charge in [0.05, 0.1) is 12.1 Å². The molecule has 1 fully saturated rings. The van der Waals surface area contributed by atoms with Gasteiger partial charge in [0, 0.05) is 19.6 Å². The minimum Gasteiger partial charge on any atom is -0.389 e. The number of nitrogens with zero attached hydrogens (tertiary/aromatic N) is 2. The SMILES string of the molecule is CCN1CCCCC1CNC(=O)N(C)CC(C)(C)O. The van der Waals surface area contributed by atoms with Crippen molar-refractivity contribution in [1.82, 2.24) is 15.1 Å². The topological polar surface area (TPSA) is 55.8 Å². The van der Waals surface area contributed by atoms with Crippen LogP contribution >= 0.6 is 0 Å².